The summed E-state index contributed by atoms with van der Waals surface area (Å²) in [5, 5.41) is 0. The van der Waals surface area contributed by atoms with Gasteiger partial charge in [-0.2, -0.15) is 0 Å². The van der Waals surface area contributed by atoms with Crippen LogP contribution < -0.4 is 5.56 Å². The summed E-state index contributed by atoms with van der Waals surface area (Å²) in [5.74, 6) is 1.58. The van der Waals surface area contributed by atoms with Gasteiger partial charge in [-0.25, -0.2) is 4.98 Å². The third-order valence-corrected chi connectivity index (χ3v) is 3.29. The Bertz CT molecular complexity index is 551. The molecule has 4 nitrogen and oxygen atoms in total. The van der Waals surface area contributed by atoms with Crippen molar-refractivity contribution in [1.29, 1.82) is 0 Å². The molecule has 1 fully saturated rings. The van der Waals surface area contributed by atoms with E-state index in [-0.39, 0.29) is 5.56 Å². The summed E-state index contributed by atoms with van der Waals surface area (Å²) in [4.78, 5) is 18.8. The molecule has 17 heavy (non-hydrogen) atoms. The van der Waals surface area contributed by atoms with E-state index in [0.717, 1.165) is 18.5 Å². The second kappa shape index (κ2) is 4.20. The van der Waals surface area contributed by atoms with E-state index in [4.69, 9.17) is 4.42 Å². The highest BCUT2D eigenvalue weighted by Crippen LogP contribution is 2.32. The van der Waals surface area contributed by atoms with Crippen LogP contribution in [-0.4, -0.2) is 9.97 Å². The first-order chi connectivity index (χ1) is 8.33. The average Bonchev–Trinajstić information content (AvgIpc) is 3.02. The molecule has 1 aliphatic rings. The summed E-state index contributed by atoms with van der Waals surface area (Å²) < 4.78 is 5.26. The first-order valence-corrected chi connectivity index (χ1v) is 5.98. The van der Waals surface area contributed by atoms with Gasteiger partial charge in [-0.1, -0.05) is 12.8 Å². The van der Waals surface area contributed by atoms with E-state index < -0.39 is 0 Å². The topological polar surface area (TPSA) is 58.9 Å². The summed E-state index contributed by atoms with van der Waals surface area (Å²) >= 11 is 0. The molecule has 2 aromatic heterocycles. The van der Waals surface area contributed by atoms with Crippen molar-refractivity contribution in [3.8, 4) is 11.6 Å². The van der Waals surface area contributed by atoms with Crippen LogP contribution in [0.1, 0.15) is 37.3 Å². The molecule has 0 saturated heterocycles. The van der Waals surface area contributed by atoms with Gasteiger partial charge in [-0.15, -0.1) is 0 Å². The monoisotopic (exact) mass is 230 g/mol. The first-order valence-electron chi connectivity index (χ1n) is 5.98. The van der Waals surface area contributed by atoms with Gasteiger partial charge in [0.25, 0.3) is 5.56 Å². The van der Waals surface area contributed by atoms with Crippen LogP contribution in [-0.2, 0) is 0 Å². The Labute approximate surface area is 98.7 Å². The maximum Gasteiger partial charge on any atom is 0.251 e. The lowest BCUT2D eigenvalue weighted by atomic mass is 10.0. The van der Waals surface area contributed by atoms with Crippen molar-refractivity contribution in [3.05, 3.63) is 40.5 Å². The number of rotatable bonds is 2. The van der Waals surface area contributed by atoms with Crippen LogP contribution in [0.3, 0.4) is 0 Å². The van der Waals surface area contributed by atoms with Crippen LogP contribution in [0, 0.1) is 0 Å². The standard InChI is InChI=1S/C13H14N2O2/c16-12-8-10(9-4-1-2-5-9)14-13(15-12)11-6-3-7-17-11/h3,6-9H,1-2,4-5H2,(H,14,15,16). The van der Waals surface area contributed by atoms with Crippen molar-refractivity contribution in [1.82, 2.24) is 9.97 Å². The van der Waals surface area contributed by atoms with Crippen LogP contribution >= 0.6 is 0 Å². The molecule has 3 rings (SSSR count). The van der Waals surface area contributed by atoms with E-state index >= 15 is 0 Å². The molecule has 0 aromatic carbocycles. The highest BCUT2D eigenvalue weighted by molar-refractivity contribution is 5.46. The number of aromatic nitrogens is 2. The number of nitrogens with zero attached hydrogens (tertiary/aromatic N) is 1. The van der Waals surface area contributed by atoms with Crippen molar-refractivity contribution in [2.75, 3.05) is 0 Å². The second-order valence-electron chi connectivity index (χ2n) is 4.48. The number of hydrogen-bond acceptors (Lipinski definition) is 3. The number of furan rings is 1. The molecular formula is C13H14N2O2. The molecule has 1 saturated carbocycles. The van der Waals surface area contributed by atoms with Crippen molar-refractivity contribution in [3.63, 3.8) is 0 Å². The fourth-order valence-electron chi connectivity index (χ4n) is 2.44. The molecule has 2 aromatic rings. The van der Waals surface area contributed by atoms with Gasteiger partial charge in [0.15, 0.2) is 11.6 Å². The Kier molecular flexibility index (Phi) is 2.55. The molecule has 0 unspecified atom stereocenters. The molecule has 0 amide bonds. The van der Waals surface area contributed by atoms with E-state index in [9.17, 15) is 4.79 Å². The number of H-pyrrole nitrogens is 1. The zero-order valence-electron chi connectivity index (χ0n) is 9.48. The maximum absolute atomic E-state index is 11.6. The van der Waals surface area contributed by atoms with Crippen LogP contribution in [0.15, 0.2) is 33.7 Å². The molecule has 2 heterocycles. The lowest BCUT2D eigenvalue weighted by Gasteiger charge is -2.08. The lowest BCUT2D eigenvalue weighted by molar-refractivity contribution is 0.575. The van der Waals surface area contributed by atoms with E-state index in [1.807, 2.05) is 0 Å². The minimum Gasteiger partial charge on any atom is -0.461 e. The fraction of sp³-hybridized carbons (Fsp3) is 0.385. The Hall–Kier alpha value is -1.84. The van der Waals surface area contributed by atoms with E-state index in [1.165, 1.54) is 12.8 Å². The normalized spacial score (nSPS) is 16.5. The van der Waals surface area contributed by atoms with Crippen molar-refractivity contribution in [2.24, 2.45) is 0 Å². The molecule has 1 N–H and O–H groups in total. The van der Waals surface area contributed by atoms with Crippen molar-refractivity contribution >= 4 is 0 Å². The quantitative estimate of drug-likeness (QED) is 0.862. The molecular weight excluding hydrogens is 216 g/mol. The third kappa shape index (κ3) is 2.02. The Morgan fingerprint density at radius 1 is 1.35 bits per heavy atom. The summed E-state index contributed by atoms with van der Waals surface area (Å²) in [5.41, 5.74) is 0.797. The van der Waals surface area contributed by atoms with Gasteiger partial charge < -0.3 is 9.40 Å². The van der Waals surface area contributed by atoms with Crippen LogP contribution in [0.5, 0.6) is 0 Å². The molecule has 0 radical (unpaired) electrons. The molecule has 0 spiro atoms. The van der Waals surface area contributed by atoms with Gasteiger partial charge in [0, 0.05) is 12.0 Å². The van der Waals surface area contributed by atoms with E-state index in [0.29, 0.717) is 17.5 Å². The highest BCUT2D eigenvalue weighted by atomic mass is 16.3. The summed E-state index contributed by atoms with van der Waals surface area (Å²) in [6.07, 6.45) is 6.31. The minimum atomic E-state index is -0.103. The zero-order valence-corrected chi connectivity index (χ0v) is 9.48. The Balaban J connectivity index is 2.03. The van der Waals surface area contributed by atoms with Crippen LogP contribution in [0.4, 0.5) is 0 Å². The third-order valence-electron chi connectivity index (χ3n) is 3.29. The molecule has 0 bridgehead atoms. The van der Waals surface area contributed by atoms with Gasteiger partial charge in [0.2, 0.25) is 0 Å². The molecule has 0 atom stereocenters. The maximum atomic E-state index is 11.6. The highest BCUT2D eigenvalue weighted by Gasteiger charge is 2.20. The van der Waals surface area contributed by atoms with Gasteiger partial charge >= 0.3 is 0 Å². The predicted octanol–water partition coefficient (Wildman–Crippen LogP) is 2.69. The van der Waals surface area contributed by atoms with Gasteiger partial charge in [-0.3, -0.25) is 4.79 Å². The van der Waals surface area contributed by atoms with E-state index in [2.05, 4.69) is 9.97 Å². The van der Waals surface area contributed by atoms with Gasteiger partial charge in [0.1, 0.15) is 0 Å². The largest absolute Gasteiger partial charge is 0.461 e. The van der Waals surface area contributed by atoms with Crippen LogP contribution in [0.2, 0.25) is 0 Å². The van der Waals surface area contributed by atoms with Gasteiger partial charge in [-0.05, 0) is 25.0 Å². The smallest absolute Gasteiger partial charge is 0.251 e. The first kappa shape index (κ1) is 10.3. The SMILES string of the molecule is O=c1cc(C2CCCC2)nc(-c2ccco2)[nH]1. The van der Waals surface area contributed by atoms with Crippen molar-refractivity contribution < 1.29 is 4.42 Å². The molecule has 4 heteroatoms. The average molecular weight is 230 g/mol. The lowest BCUT2D eigenvalue weighted by Crippen LogP contribution is -2.11. The second-order valence-corrected chi connectivity index (χ2v) is 4.48. The number of hydrogen-bond donors (Lipinski definition) is 1. The summed E-state index contributed by atoms with van der Waals surface area (Å²) in [6.45, 7) is 0. The molecule has 0 aliphatic heterocycles. The van der Waals surface area contributed by atoms with E-state index in [1.54, 1.807) is 24.5 Å². The molecule has 1 aliphatic carbocycles. The summed E-state index contributed by atoms with van der Waals surface area (Å²) in [6, 6.07) is 5.21. The summed E-state index contributed by atoms with van der Waals surface area (Å²) in [7, 11) is 0. The van der Waals surface area contributed by atoms with Gasteiger partial charge in [0.05, 0.1) is 12.0 Å². The Morgan fingerprint density at radius 2 is 2.18 bits per heavy atom. The minimum absolute atomic E-state index is 0.103. The fourth-order valence-corrected chi connectivity index (χ4v) is 2.44. The van der Waals surface area contributed by atoms with Crippen molar-refractivity contribution in [2.45, 2.75) is 31.6 Å². The Morgan fingerprint density at radius 3 is 2.88 bits per heavy atom. The number of nitrogens with one attached hydrogen (secondary N) is 1. The predicted molar refractivity (Wildman–Crippen MR) is 63.8 cm³/mol. The zero-order chi connectivity index (χ0) is 11.7. The van der Waals surface area contributed by atoms with Crippen LogP contribution in [0.25, 0.3) is 11.6 Å². The number of aromatic amines is 1. The molecule has 88 valence electrons.